The number of hydrogen-bond donors (Lipinski definition) is 1. The van der Waals surface area contributed by atoms with Gasteiger partial charge in [0.15, 0.2) is 0 Å². The summed E-state index contributed by atoms with van der Waals surface area (Å²) in [7, 11) is 2.45. The number of nitrogens with one attached hydrogen (secondary N) is 1. The highest BCUT2D eigenvalue weighted by molar-refractivity contribution is 5.80. The van der Waals surface area contributed by atoms with Crippen LogP contribution in [-0.2, 0) is 23.8 Å². The van der Waals surface area contributed by atoms with Crippen LogP contribution in [0, 0.1) is 17.8 Å². The third kappa shape index (κ3) is 5.53. The van der Waals surface area contributed by atoms with Crippen LogP contribution in [0.1, 0.15) is 27.2 Å². The topological polar surface area (TPSA) is 140 Å². The predicted octanol–water partition coefficient (Wildman–Crippen LogP) is 1.79. The summed E-state index contributed by atoms with van der Waals surface area (Å²) in [4.78, 5) is 39.0. The van der Waals surface area contributed by atoms with Crippen LogP contribution in [-0.4, -0.2) is 50.4 Å². The van der Waals surface area contributed by atoms with E-state index in [0.717, 1.165) is 0 Å². The highest BCUT2D eigenvalue weighted by atomic mass is 16.6. The van der Waals surface area contributed by atoms with Crippen LogP contribution in [0.2, 0.25) is 0 Å². The number of esters is 2. The van der Waals surface area contributed by atoms with Crippen LogP contribution < -0.4 is 5.32 Å². The van der Waals surface area contributed by atoms with Crippen LogP contribution in [0.5, 0.6) is 0 Å². The van der Waals surface area contributed by atoms with Gasteiger partial charge in [0.05, 0.1) is 26.1 Å². The quantitative estimate of drug-likeness (QED) is 0.262. The molecule has 1 saturated carbocycles. The molecule has 25 heavy (non-hydrogen) atoms. The first-order valence-corrected chi connectivity index (χ1v) is 7.80. The smallest absolute Gasteiger partial charge is 0.407 e. The summed E-state index contributed by atoms with van der Waals surface area (Å²) in [5, 5.41) is 6.12. The van der Waals surface area contributed by atoms with E-state index in [1.165, 1.54) is 14.2 Å². The molecule has 0 spiro atoms. The van der Waals surface area contributed by atoms with Crippen LogP contribution in [0.25, 0.3) is 10.4 Å². The molecule has 1 aliphatic rings. The predicted molar refractivity (Wildman–Crippen MR) is 86.3 cm³/mol. The molecule has 0 unspecified atom stereocenters. The van der Waals surface area contributed by atoms with Crippen molar-refractivity contribution in [2.75, 3.05) is 20.8 Å². The molecule has 0 saturated heterocycles. The number of azide groups is 1. The van der Waals surface area contributed by atoms with E-state index >= 15 is 0 Å². The van der Waals surface area contributed by atoms with E-state index in [1.807, 2.05) is 0 Å². The fraction of sp³-hybridized carbons (Fsp3) is 0.800. The van der Waals surface area contributed by atoms with Gasteiger partial charge in [-0.3, -0.25) is 9.59 Å². The minimum Gasteiger partial charge on any atom is -0.469 e. The van der Waals surface area contributed by atoms with Crippen molar-refractivity contribution in [2.24, 2.45) is 22.9 Å². The van der Waals surface area contributed by atoms with Gasteiger partial charge >= 0.3 is 18.0 Å². The van der Waals surface area contributed by atoms with E-state index in [0.29, 0.717) is 0 Å². The minimum absolute atomic E-state index is 0.0791. The molecule has 0 aliphatic heterocycles. The van der Waals surface area contributed by atoms with Crippen molar-refractivity contribution in [3.8, 4) is 0 Å². The summed E-state index contributed by atoms with van der Waals surface area (Å²) in [6, 6.07) is -0.781. The van der Waals surface area contributed by atoms with Crippen molar-refractivity contribution in [3.63, 3.8) is 0 Å². The third-order valence-corrected chi connectivity index (χ3v) is 3.97. The molecular weight excluding hydrogens is 332 g/mol. The fourth-order valence-electron chi connectivity index (χ4n) is 2.98. The molecule has 0 bridgehead atoms. The van der Waals surface area contributed by atoms with Gasteiger partial charge in [0.1, 0.15) is 5.60 Å². The number of nitrogens with zero attached hydrogens (tertiary/aromatic N) is 3. The Labute approximate surface area is 145 Å². The van der Waals surface area contributed by atoms with Crippen molar-refractivity contribution in [1.29, 1.82) is 0 Å². The maximum atomic E-state index is 12.1. The fourth-order valence-corrected chi connectivity index (χ4v) is 2.98. The number of rotatable bonds is 5. The summed E-state index contributed by atoms with van der Waals surface area (Å²) in [5.74, 6) is -3.21. The Hall–Kier alpha value is -2.48. The zero-order valence-electron chi connectivity index (χ0n) is 15.0. The van der Waals surface area contributed by atoms with Crippen molar-refractivity contribution < 1.29 is 28.6 Å². The van der Waals surface area contributed by atoms with Crippen LogP contribution in [0.15, 0.2) is 5.11 Å². The maximum Gasteiger partial charge on any atom is 0.407 e. The molecule has 1 fully saturated rings. The number of ether oxygens (including phenoxy) is 3. The number of carbonyl (C=O) groups is 3. The van der Waals surface area contributed by atoms with Crippen molar-refractivity contribution in [3.05, 3.63) is 10.4 Å². The summed E-state index contributed by atoms with van der Waals surface area (Å²) in [5.41, 5.74) is 7.86. The molecule has 4 atom stereocenters. The molecule has 0 aromatic rings. The normalized spacial score (nSPS) is 25.5. The number of alkyl carbamates (subject to hydrolysis) is 1. The van der Waals surface area contributed by atoms with Crippen LogP contribution >= 0.6 is 0 Å². The SMILES string of the molecule is COC(=O)[C@H]1C[C@@H](C(=O)OC)[C@H](CN=[N+]=[N-])[C@@H]1NC(=O)OC(C)(C)C. The standard InChI is InChI=1S/C15H24N4O6/c1-15(2,3)25-14(22)18-11-9(13(21)24-5)6-8(12(20)23-4)10(11)7-17-19-16/h8-11H,6-7H2,1-5H3,(H,18,22)/t8-,9+,10+,11-/m1/s1. The summed E-state index contributed by atoms with van der Waals surface area (Å²) in [6.07, 6.45) is -0.617. The zero-order valence-corrected chi connectivity index (χ0v) is 15.0. The lowest BCUT2D eigenvalue weighted by molar-refractivity contribution is -0.147. The average Bonchev–Trinajstić information content (AvgIpc) is 2.87. The van der Waals surface area contributed by atoms with E-state index in [4.69, 9.17) is 19.7 Å². The Kier molecular flexibility index (Phi) is 7.05. The number of carbonyl (C=O) groups excluding carboxylic acids is 3. The largest absolute Gasteiger partial charge is 0.469 e. The average molecular weight is 356 g/mol. The molecule has 0 heterocycles. The molecule has 1 amide bonds. The van der Waals surface area contributed by atoms with Crippen molar-refractivity contribution in [2.45, 2.75) is 38.8 Å². The molecule has 1 rings (SSSR count). The van der Waals surface area contributed by atoms with E-state index in [-0.39, 0.29) is 13.0 Å². The van der Waals surface area contributed by atoms with Gasteiger partial charge in [-0.25, -0.2) is 4.79 Å². The van der Waals surface area contributed by atoms with Crippen molar-refractivity contribution in [1.82, 2.24) is 5.32 Å². The molecule has 10 heteroatoms. The van der Waals surface area contributed by atoms with Gasteiger partial charge in [-0.05, 0) is 38.6 Å². The maximum absolute atomic E-state index is 12.1. The van der Waals surface area contributed by atoms with Gasteiger partial charge in [-0.2, -0.15) is 0 Å². The number of methoxy groups -OCH3 is 2. The van der Waals surface area contributed by atoms with Crippen LogP contribution in [0.4, 0.5) is 4.79 Å². The van der Waals surface area contributed by atoms with Crippen molar-refractivity contribution >= 4 is 18.0 Å². The molecule has 1 N–H and O–H groups in total. The summed E-state index contributed by atoms with van der Waals surface area (Å²) < 4.78 is 14.8. The lowest BCUT2D eigenvalue weighted by Gasteiger charge is -2.27. The monoisotopic (exact) mass is 356 g/mol. The van der Waals surface area contributed by atoms with Gasteiger partial charge in [-0.15, -0.1) is 0 Å². The number of amides is 1. The first-order valence-electron chi connectivity index (χ1n) is 7.80. The minimum atomic E-state index is -0.781. The molecular formula is C15H24N4O6. The Balaban J connectivity index is 3.11. The second-order valence-corrected chi connectivity index (χ2v) is 6.74. The third-order valence-electron chi connectivity index (χ3n) is 3.97. The first kappa shape index (κ1) is 20.6. The highest BCUT2D eigenvalue weighted by Crippen LogP contribution is 2.39. The Morgan fingerprint density at radius 3 is 2.20 bits per heavy atom. The van der Waals surface area contributed by atoms with Gasteiger partial charge in [0.2, 0.25) is 0 Å². The molecule has 10 nitrogen and oxygen atoms in total. The lowest BCUT2D eigenvalue weighted by atomic mass is 9.93. The van der Waals surface area contributed by atoms with E-state index in [9.17, 15) is 14.4 Å². The number of hydrogen-bond acceptors (Lipinski definition) is 7. The molecule has 140 valence electrons. The molecule has 0 radical (unpaired) electrons. The second kappa shape index (κ2) is 8.57. The zero-order chi connectivity index (χ0) is 19.2. The van der Waals surface area contributed by atoms with E-state index in [2.05, 4.69) is 15.3 Å². The Morgan fingerprint density at radius 2 is 1.72 bits per heavy atom. The molecule has 0 aromatic heterocycles. The lowest BCUT2D eigenvalue weighted by Crippen LogP contribution is -2.47. The first-order chi connectivity index (χ1) is 11.6. The van der Waals surface area contributed by atoms with E-state index < -0.39 is 47.4 Å². The Morgan fingerprint density at radius 1 is 1.16 bits per heavy atom. The molecule has 1 aliphatic carbocycles. The second-order valence-electron chi connectivity index (χ2n) is 6.74. The van der Waals surface area contributed by atoms with Gasteiger partial charge in [0.25, 0.3) is 0 Å². The summed E-state index contributed by atoms with van der Waals surface area (Å²) in [6.45, 7) is 5.03. The van der Waals surface area contributed by atoms with E-state index in [1.54, 1.807) is 20.8 Å². The van der Waals surface area contributed by atoms with Gasteiger partial charge in [0, 0.05) is 17.5 Å². The Bertz CT molecular complexity index is 567. The highest BCUT2D eigenvalue weighted by Gasteiger charge is 2.51. The van der Waals surface area contributed by atoms with Gasteiger partial charge in [-0.1, -0.05) is 5.11 Å². The summed E-state index contributed by atoms with van der Waals surface area (Å²) >= 11 is 0. The van der Waals surface area contributed by atoms with Gasteiger partial charge < -0.3 is 19.5 Å². The van der Waals surface area contributed by atoms with Crippen LogP contribution in [0.3, 0.4) is 0 Å². The molecule has 0 aromatic carbocycles.